The lowest BCUT2D eigenvalue weighted by molar-refractivity contribution is -0.111. The lowest BCUT2D eigenvalue weighted by Gasteiger charge is -2.09. The summed E-state index contributed by atoms with van der Waals surface area (Å²) in [7, 11) is 1.57. The van der Waals surface area contributed by atoms with Crippen LogP contribution in [0.1, 0.15) is 15.2 Å². The minimum atomic E-state index is -0.301. The Labute approximate surface area is 189 Å². The molecule has 0 spiro atoms. The first-order valence-corrected chi connectivity index (χ1v) is 10.9. The second kappa shape index (κ2) is 9.87. The minimum Gasteiger partial charge on any atom is -0.495 e. The number of nitrogens with one attached hydrogen (secondary N) is 2. The number of methoxy groups -OCH3 is 1. The predicted molar refractivity (Wildman–Crippen MR) is 125 cm³/mol. The minimum absolute atomic E-state index is 0.185. The van der Waals surface area contributed by atoms with E-state index in [1.54, 1.807) is 43.5 Å². The van der Waals surface area contributed by atoms with Crippen LogP contribution in [0.5, 0.6) is 5.75 Å². The first kappa shape index (κ1) is 21.3. The van der Waals surface area contributed by atoms with Crippen molar-refractivity contribution in [3.8, 4) is 5.75 Å². The van der Waals surface area contributed by atoms with Gasteiger partial charge in [0.15, 0.2) is 0 Å². The third kappa shape index (κ3) is 5.79. The molecule has 2 aromatic carbocycles. The number of rotatable bonds is 6. The lowest BCUT2D eigenvalue weighted by atomic mass is 10.2. The van der Waals surface area contributed by atoms with Crippen molar-refractivity contribution in [1.82, 2.24) is 0 Å². The van der Waals surface area contributed by atoms with Crippen molar-refractivity contribution in [2.75, 3.05) is 17.7 Å². The third-order valence-electron chi connectivity index (χ3n) is 3.79. The van der Waals surface area contributed by atoms with Crippen molar-refractivity contribution in [1.29, 1.82) is 0 Å². The number of carbonyl (C=O) groups is 2. The number of carbonyl (C=O) groups excluding carboxylic acids is 2. The molecule has 3 rings (SSSR count). The Kier molecular flexibility index (Phi) is 7.24. The molecule has 148 valence electrons. The second-order valence-electron chi connectivity index (χ2n) is 5.84. The molecule has 2 amide bonds. The van der Waals surface area contributed by atoms with E-state index in [9.17, 15) is 9.59 Å². The van der Waals surface area contributed by atoms with Crippen LogP contribution >= 0.6 is 43.2 Å². The van der Waals surface area contributed by atoms with Crippen molar-refractivity contribution in [2.45, 2.75) is 0 Å². The molecule has 5 nitrogen and oxygen atoms in total. The number of hydrogen-bond acceptors (Lipinski definition) is 4. The molecule has 0 aliphatic heterocycles. The summed E-state index contributed by atoms with van der Waals surface area (Å²) in [5.74, 6) is 0.149. The molecular formula is C21H16Br2N2O3S. The van der Waals surface area contributed by atoms with Crippen LogP contribution in [0.15, 0.2) is 68.9 Å². The molecule has 8 heteroatoms. The maximum Gasteiger partial charge on any atom is 0.265 e. The molecule has 3 aromatic rings. The van der Waals surface area contributed by atoms with Crippen LogP contribution in [0.3, 0.4) is 0 Å². The number of anilines is 2. The van der Waals surface area contributed by atoms with Crippen molar-refractivity contribution in [3.63, 3.8) is 0 Å². The van der Waals surface area contributed by atoms with Crippen LogP contribution < -0.4 is 15.4 Å². The van der Waals surface area contributed by atoms with E-state index in [2.05, 4.69) is 42.5 Å². The maximum absolute atomic E-state index is 12.3. The average Bonchev–Trinajstić information content (AvgIpc) is 3.21. The summed E-state index contributed by atoms with van der Waals surface area (Å²) in [6, 6.07) is 14.3. The largest absolute Gasteiger partial charge is 0.495 e. The molecule has 29 heavy (non-hydrogen) atoms. The Morgan fingerprint density at radius 3 is 2.48 bits per heavy atom. The molecule has 0 unspecified atom stereocenters. The van der Waals surface area contributed by atoms with Gasteiger partial charge in [-0.3, -0.25) is 9.59 Å². The van der Waals surface area contributed by atoms with Crippen LogP contribution in [-0.4, -0.2) is 18.9 Å². The molecule has 0 aliphatic carbocycles. The molecule has 0 atom stereocenters. The summed E-state index contributed by atoms with van der Waals surface area (Å²) < 4.78 is 7.02. The van der Waals surface area contributed by atoms with Gasteiger partial charge in [0.05, 0.1) is 16.5 Å². The molecule has 1 aromatic heterocycles. The molecular weight excluding hydrogens is 520 g/mol. The number of halogens is 2. The second-order valence-corrected chi connectivity index (χ2v) is 8.56. The molecule has 1 heterocycles. The van der Waals surface area contributed by atoms with Gasteiger partial charge in [0.2, 0.25) is 5.91 Å². The Bertz CT molecular complexity index is 1070. The van der Waals surface area contributed by atoms with Crippen molar-refractivity contribution >= 4 is 72.5 Å². The van der Waals surface area contributed by atoms with E-state index in [1.807, 2.05) is 23.6 Å². The predicted octanol–water partition coefficient (Wildman–Crippen LogP) is 6.19. The first-order chi connectivity index (χ1) is 14.0. The molecule has 0 aliphatic rings. The summed E-state index contributed by atoms with van der Waals surface area (Å²) in [4.78, 5) is 25.1. The normalized spacial score (nSPS) is 10.7. The van der Waals surface area contributed by atoms with E-state index in [4.69, 9.17) is 4.74 Å². The van der Waals surface area contributed by atoms with Gasteiger partial charge in [-0.1, -0.05) is 28.1 Å². The van der Waals surface area contributed by atoms with Crippen LogP contribution in [0.4, 0.5) is 11.4 Å². The fraction of sp³-hybridized carbons (Fsp3) is 0.0476. The molecule has 0 bridgehead atoms. The van der Waals surface area contributed by atoms with Gasteiger partial charge < -0.3 is 15.4 Å². The summed E-state index contributed by atoms with van der Waals surface area (Å²) >= 11 is 8.23. The van der Waals surface area contributed by atoms with Gasteiger partial charge in [0.1, 0.15) is 5.75 Å². The number of hydrogen-bond donors (Lipinski definition) is 2. The summed E-state index contributed by atoms with van der Waals surface area (Å²) in [5.41, 5.74) is 1.93. The average molecular weight is 536 g/mol. The Morgan fingerprint density at radius 2 is 1.79 bits per heavy atom. The van der Waals surface area contributed by atoms with Crippen LogP contribution in [0.25, 0.3) is 6.08 Å². The monoisotopic (exact) mass is 534 g/mol. The zero-order valence-electron chi connectivity index (χ0n) is 15.2. The van der Waals surface area contributed by atoms with Crippen molar-refractivity contribution in [3.05, 3.63) is 79.4 Å². The maximum atomic E-state index is 12.3. The van der Waals surface area contributed by atoms with Gasteiger partial charge in [-0.25, -0.2) is 0 Å². The fourth-order valence-corrected chi connectivity index (χ4v) is 4.58. The zero-order valence-corrected chi connectivity index (χ0v) is 19.2. The zero-order chi connectivity index (χ0) is 20.8. The summed E-state index contributed by atoms with van der Waals surface area (Å²) in [6.07, 6.45) is 3.10. The van der Waals surface area contributed by atoms with Crippen molar-refractivity contribution in [2.24, 2.45) is 0 Å². The molecule has 0 saturated carbocycles. The molecule has 2 N–H and O–H groups in total. The van der Waals surface area contributed by atoms with Gasteiger partial charge in [0.25, 0.3) is 5.91 Å². The standard InChI is InChI=1S/C21H16Br2N2O3S/c1-28-20-13(10-14(22)11-17(20)23)7-8-19(26)24-15-4-2-5-16(12-15)25-21(27)18-6-3-9-29-18/h2-12H,1H3,(H,24,26)(H,25,27)/b8-7+. The van der Waals surface area contributed by atoms with Crippen LogP contribution in [0, 0.1) is 0 Å². The fourth-order valence-electron chi connectivity index (χ4n) is 2.54. The highest BCUT2D eigenvalue weighted by Crippen LogP contribution is 2.33. The van der Waals surface area contributed by atoms with Gasteiger partial charge in [-0.05, 0) is 63.8 Å². The van der Waals surface area contributed by atoms with E-state index in [-0.39, 0.29) is 11.8 Å². The summed E-state index contributed by atoms with van der Waals surface area (Å²) in [6.45, 7) is 0. The highest BCUT2D eigenvalue weighted by atomic mass is 79.9. The topological polar surface area (TPSA) is 67.4 Å². The highest BCUT2D eigenvalue weighted by Gasteiger charge is 2.09. The van der Waals surface area contributed by atoms with E-state index < -0.39 is 0 Å². The number of thiophene rings is 1. The number of benzene rings is 2. The highest BCUT2D eigenvalue weighted by molar-refractivity contribution is 9.11. The Morgan fingerprint density at radius 1 is 1.03 bits per heavy atom. The number of amides is 2. The SMILES string of the molecule is COc1c(Br)cc(Br)cc1/C=C/C(=O)Nc1cccc(NC(=O)c2cccs2)c1. The Hall–Kier alpha value is -2.42. The van der Waals surface area contributed by atoms with Crippen molar-refractivity contribution < 1.29 is 14.3 Å². The smallest absolute Gasteiger partial charge is 0.265 e. The number of ether oxygens (including phenoxy) is 1. The van der Waals surface area contributed by atoms with Gasteiger partial charge >= 0.3 is 0 Å². The van der Waals surface area contributed by atoms with Gasteiger partial charge in [0, 0.05) is 27.5 Å². The lowest BCUT2D eigenvalue weighted by Crippen LogP contribution is -2.11. The molecule has 0 radical (unpaired) electrons. The van der Waals surface area contributed by atoms with E-state index >= 15 is 0 Å². The van der Waals surface area contributed by atoms with E-state index in [0.717, 1.165) is 14.5 Å². The van der Waals surface area contributed by atoms with Gasteiger partial charge in [-0.2, -0.15) is 0 Å². The Balaban J connectivity index is 1.68. The van der Waals surface area contributed by atoms with E-state index in [1.165, 1.54) is 17.4 Å². The van der Waals surface area contributed by atoms with Crippen LogP contribution in [-0.2, 0) is 4.79 Å². The van der Waals surface area contributed by atoms with Crippen LogP contribution in [0.2, 0.25) is 0 Å². The molecule has 0 saturated heterocycles. The van der Waals surface area contributed by atoms with Gasteiger partial charge in [-0.15, -0.1) is 11.3 Å². The summed E-state index contributed by atoms with van der Waals surface area (Å²) in [5, 5.41) is 7.45. The third-order valence-corrected chi connectivity index (χ3v) is 5.70. The van der Waals surface area contributed by atoms with E-state index in [0.29, 0.717) is 22.0 Å². The first-order valence-electron chi connectivity index (χ1n) is 8.43. The quantitative estimate of drug-likeness (QED) is 0.370. The molecule has 0 fully saturated rings.